The third kappa shape index (κ3) is 2.70. The van der Waals surface area contributed by atoms with Crippen LogP contribution < -0.4 is 4.74 Å². The molecule has 0 radical (unpaired) electrons. The van der Waals surface area contributed by atoms with Crippen molar-refractivity contribution in [3.63, 3.8) is 0 Å². The number of benzene rings is 1. The molecule has 1 aromatic heterocycles. The highest BCUT2D eigenvalue weighted by molar-refractivity contribution is 14.1. The molecule has 0 unspecified atom stereocenters. The van der Waals surface area contributed by atoms with E-state index in [4.69, 9.17) is 4.74 Å². The van der Waals surface area contributed by atoms with Crippen molar-refractivity contribution in [1.29, 1.82) is 0 Å². The van der Waals surface area contributed by atoms with E-state index in [9.17, 15) is 4.39 Å². The molecule has 0 aliphatic rings. The van der Waals surface area contributed by atoms with E-state index >= 15 is 0 Å². The molecule has 16 heavy (non-hydrogen) atoms. The zero-order valence-electron chi connectivity index (χ0n) is 7.95. The fraction of sp³-hybridized carbons (Fsp3) is 0. The second-order valence-corrected chi connectivity index (χ2v) is 5.05. The molecule has 0 aliphatic heterocycles. The van der Waals surface area contributed by atoms with Crippen LogP contribution in [0.2, 0.25) is 0 Å². The van der Waals surface area contributed by atoms with E-state index in [-0.39, 0.29) is 5.88 Å². The van der Waals surface area contributed by atoms with E-state index in [1.165, 1.54) is 12.3 Å². The Morgan fingerprint density at radius 3 is 2.75 bits per heavy atom. The molecule has 0 atom stereocenters. The number of rotatable bonds is 2. The van der Waals surface area contributed by atoms with Crippen molar-refractivity contribution in [2.75, 3.05) is 0 Å². The number of pyridine rings is 1. The third-order valence-electron chi connectivity index (χ3n) is 1.82. The number of ether oxygens (including phenoxy) is 1. The predicted molar refractivity (Wildman–Crippen MR) is 71.1 cm³/mol. The van der Waals surface area contributed by atoms with Crippen LogP contribution in [-0.4, -0.2) is 4.98 Å². The van der Waals surface area contributed by atoms with Gasteiger partial charge >= 0.3 is 0 Å². The van der Waals surface area contributed by atoms with E-state index in [1.807, 2.05) is 18.2 Å². The number of halogens is 3. The van der Waals surface area contributed by atoms with Gasteiger partial charge in [-0.1, -0.05) is 12.1 Å². The van der Waals surface area contributed by atoms with E-state index in [0.29, 0.717) is 10.2 Å². The van der Waals surface area contributed by atoms with Crippen LogP contribution in [0.4, 0.5) is 4.39 Å². The lowest BCUT2D eigenvalue weighted by atomic mass is 10.3. The topological polar surface area (TPSA) is 22.1 Å². The molecule has 0 fully saturated rings. The maximum absolute atomic E-state index is 13.4. The molecule has 1 aromatic carbocycles. The van der Waals surface area contributed by atoms with Crippen LogP contribution in [0.25, 0.3) is 0 Å². The van der Waals surface area contributed by atoms with Crippen molar-refractivity contribution in [3.8, 4) is 11.6 Å². The minimum absolute atomic E-state index is 0.0210. The first kappa shape index (κ1) is 11.8. The molecule has 0 amide bonds. The Morgan fingerprint density at radius 2 is 2.06 bits per heavy atom. The maximum Gasteiger partial charge on any atom is 0.255 e. The lowest BCUT2D eigenvalue weighted by Gasteiger charge is -2.07. The lowest BCUT2D eigenvalue weighted by molar-refractivity contribution is 0.420. The average Bonchev–Trinajstić information content (AvgIpc) is 2.25. The molecule has 2 nitrogen and oxygen atoms in total. The summed E-state index contributed by atoms with van der Waals surface area (Å²) in [6, 6.07) is 8.68. The van der Waals surface area contributed by atoms with Gasteiger partial charge in [0.25, 0.3) is 5.88 Å². The van der Waals surface area contributed by atoms with Crippen molar-refractivity contribution in [2.24, 2.45) is 0 Å². The van der Waals surface area contributed by atoms with Gasteiger partial charge in [0.2, 0.25) is 0 Å². The van der Waals surface area contributed by atoms with Gasteiger partial charge in [0.1, 0.15) is 5.75 Å². The van der Waals surface area contributed by atoms with Gasteiger partial charge in [-0.15, -0.1) is 0 Å². The molecule has 0 saturated carbocycles. The van der Waals surface area contributed by atoms with Gasteiger partial charge in [0.05, 0.1) is 3.57 Å². The Kier molecular flexibility index (Phi) is 3.75. The highest BCUT2D eigenvalue weighted by Crippen LogP contribution is 2.27. The SMILES string of the molecule is Fc1cc(Br)cnc1Oc1ccccc1I. The number of aromatic nitrogens is 1. The van der Waals surface area contributed by atoms with Crippen LogP contribution >= 0.6 is 38.5 Å². The van der Waals surface area contributed by atoms with Crippen LogP contribution in [0.5, 0.6) is 11.6 Å². The van der Waals surface area contributed by atoms with Crippen LogP contribution in [0.15, 0.2) is 41.0 Å². The van der Waals surface area contributed by atoms with Gasteiger partial charge in [0, 0.05) is 10.7 Å². The lowest BCUT2D eigenvalue weighted by Crippen LogP contribution is -1.93. The van der Waals surface area contributed by atoms with Crippen LogP contribution in [0.3, 0.4) is 0 Å². The van der Waals surface area contributed by atoms with Gasteiger partial charge in [0.15, 0.2) is 5.82 Å². The maximum atomic E-state index is 13.4. The van der Waals surface area contributed by atoms with Crippen LogP contribution in [-0.2, 0) is 0 Å². The highest BCUT2D eigenvalue weighted by Gasteiger charge is 2.08. The summed E-state index contributed by atoms with van der Waals surface area (Å²) in [6.45, 7) is 0. The van der Waals surface area contributed by atoms with Crippen LogP contribution in [0, 0.1) is 9.39 Å². The molecule has 0 N–H and O–H groups in total. The summed E-state index contributed by atoms with van der Waals surface area (Å²) in [5.41, 5.74) is 0. The summed E-state index contributed by atoms with van der Waals surface area (Å²) in [7, 11) is 0. The average molecular weight is 394 g/mol. The summed E-state index contributed by atoms with van der Waals surface area (Å²) in [5, 5.41) is 0. The van der Waals surface area contributed by atoms with E-state index < -0.39 is 5.82 Å². The van der Waals surface area contributed by atoms with Gasteiger partial charge in [-0.3, -0.25) is 0 Å². The van der Waals surface area contributed by atoms with Gasteiger partial charge < -0.3 is 4.74 Å². The van der Waals surface area contributed by atoms with Crippen molar-refractivity contribution in [1.82, 2.24) is 4.98 Å². The molecule has 5 heteroatoms. The minimum Gasteiger partial charge on any atom is -0.435 e. The monoisotopic (exact) mass is 393 g/mol. The standard InChI is InChI=1S/C11H6BrFINO/c12-7-5-8(13)11(15-6-7)16-10-4-2-1-3-9(10)14/h1-6H. The Hall–Kier alpha value is -0.690. The van der Waals surface area contributed by atoms with E-state index in [2.05, 4.69) is 43.5 Å². The Morgan fingerprint density at radius 1 is 1.31 bits per heavy atom. The summed E-state index contributed by atoms with van der Waals surface area (Å²) in [6.07, 6.45) is 1.49. The number of para-hydroxylation sites is 1. The number of nitrogens with zero attached hydrogens (tertiary/aromatic N) is 1. The van der Waals surface area contributed by atoms with E-state index in [1.54, 1.807) is 6.07 Å². The summed E-state index contributed by atoms with van der Waals surface area (Å²) >= 11 is 5.26. The van der Waals surface area contributed by atoms with Crippen molar-refractivity contribution < 1.29 is 9.13 Å². The molecular formula is C11H6BrFINO. The third-order valence-corrected chi connectivity index (χ3v) is 3.14. The summed E-state index contributed by atoms with van der Waals surface area (Å²) < 4.78 is 20.3. The number of hydrogen-bond acceptors (Lipinski definition) is 2. The predicted octanol–water partition coefficient (Wildman–Crippen LogP) is 4.38. The Balaban J connectivity index is 2.31. The molecule has 0 spiro atoms. The smallest absolute Gasteiger partial charge is 0.255 e. The second kappa shape index (κ2) is 5.09. The highest BCUT2D eigenvalue weighted by atomic mass is 127. The van der Waals surface area contributed by atoms with Gasteiger partial charge in [-0.05, 0) is 56.7 Å². The van der Waals surface area contributed by atoms with Crippen molar-refractivity contribution >= 4 is 38.5 Å². The molecule has 0 saturated heterocycles. The summed E-state index contributed by atoms with van der Waals surface area (Å²) in [4.78, 5) is 3.87. The molecule has 0 aliphatic carbocycles. The quantitative estimate of drug-likeness (QED) is 0.706. The second-order valence-electron chi connectivity index (χ2n) is 2.97. The van der Waals surface area contributed by atoms with Crippen LogP contribution in [0.1, 0.15) is 0 Å². The first-order valence-corrected chi connectivity index (χ1v) is 6.27. The molecule has 82 valence electrons. The van der Waals surface area contributed by atoms with Gasteiger partial charge in [-0.2, -0.15) is 0 Å². The first-order valence-electron chi connectivity index (χ1n) is 4.40. The fourth-order valence-electron chi connectivity index (χ4n) is 1.11. The number of hydrogen-bond donors (Lipinski definition) is 0. The molecule has 0 bridgehead atoms. The molecule has 1 heterocycles. The zero-order valence-corrected chi connectivity index (χ0v) is 11.7. The largest absolute Gasteiger partial charge is 0.435 e. The molecule has 2 aromatic rings. The Bertz CT molecular complexity index is 521. The minimum atomic E-state index is -0.492. The molecule has 2 rings (SSSR count). The Labute approximate surface area is 114 Å². The normalized spacial score (nSPS) is 10.2. The van der Waals surface area contributed by atoms with Crippen molar-refractivity contribution in [3.05, 3.63) is 50.4 Å². The zero-order chi connectivity index (χ0) is 11.5. The van der Waals surface area contributed by atoms with Gasteiger partial charge in [-0.25, -0.2) is 9.37 Å². The van der Waals surface area contributed by atoms with E-state index in [0.717, 1.165) is 3.57 Å². The summed E-state index contributed by atoms with van der Waals surface area (Å²) in [5.74, 6) is 0.0816. The fourth-order valence-corrected chi connectivity index (χ4v) is 1.91. The van der Waals surface area contributed by atoms with Crippen molar-refractivity contribution in [2.45, 2.75) is 0 Å². The first-order chi connectivity index (χ1) is 7.66. The molecular weight excluding hydrogens is 388 g/mol.